The standard InChI is InChI=1S/C13H25NOS2/c1-2-14(9-13-5-3-4-6-15-13)12-10-16-7-8-17-11-12/h12-13H,2-11H2,1H3. The molecular weight excluding hydrogens is 250 g/mol. The average molecular weight is 275 g/mol. The summed E-state index contributed by atoms with van der Waals surface area (Å²) in [6, 6.07) is 0.767. The second kappa shape index (κ2) is 7.93. The first-order valence-corrected chi connectivity index (χ1v) is 9.22. The highest BCUT2D eigenvalue weighted by Gasteiger charge is 2.23. The Morgan fingerprint density at radius 1 is 1.18 bits per heavy atom. The predicted molar refractivity (Wildman–Crippen MR) is 79.3 cm³/mol. The van der Waals surface area contributed by atoms with E-state index in [9.17, 15) is 0 Å². The van der Waals surface area contributed by atoms with Crippen LogP contribution in [-0.2, 0) is 4.74 Å². The minimum atomic E-state index is 0.502. The summed E-state index contributed by atoms with van der Waals surface area (Å²) in [5, 5.41) is 0. The topological polar surface area (TPSA) is 12.5 Å². The lowest BCUT2D eigenvalue weighted by atomic mass is 10.1. The minimum absolute atomic E-state index is 0.502. The van der Waals surface area contributed by atoms with Crippen LogP contribution >= 0.6 is 23.5 Å². The van der Waals surface area contributed by atoms with Crippen LogP contribution in [0.5, 0.6) is 0 Å². The molecule has 0 saturated carbocycles. The number of likely N-dealkylation sites (N-methyl/N-ethyl adjacent to an activating group) is 1. The molecular formula is C13H25NOS2. The molecule has 2 aliphatic rings. The van der Waals surface area contributed by atoms with Crippen molar-refractivity contribution in [2.45, 2.75) is 38.3 Å². The van der Waals surface area contributed by atoms with Gasteiger partial charge in [-0.3, -0.25) is 4.90 Å². The first-order valence-electron chi connectivity index (χ1n) is 6.91. The van der Waals surface area contributed by atoms with Crippen LogP contribution in [0, 0.1) is 0 Å². The largest absolute Gasteiger partial charge is 0.377 e. The fourth-order valence-corrected chi connectivity index (χ4v) is 5.19. The maximum absolute atomic E-state index is 5.88. The van der Waals surface area contributed by atoms with Gasteiger partial charge in [0.2, 0.25) is 0 Å². The van der Waals surface area contributed by atoms with E-state index in [1.54, 1.807) is 0 Å². The zero-order valence-electron chi connectivity index (χ0n) is 10.9. The van der Waals surface area contributed by atoms with Crippen LogP contribution in [0.2, 0.25) is 0 Å². The third kappa shape index (κ3) is 4.66. The van der Waals surface area contributed by atoms with Crippen molar-refractivity contribution in [2.24, 2.45) is 0 Å². The van der Waals surface area contributed by atoms with Crippen LogP contribution in [0.4, 0.5) is 0 Å². The van der Waals surface area contributed by atoms with E-state index in [1.165, 1.54) is 48.8 Å². The summed E-state index contributed by atoms with van der Waals surface area (Å²) in [6.45, 7) is 5.60. The van der Waals surface area contributed by atoms with Crippen molar-refractivity contribution in [3.05, 3.63) is 0 Å². The normalized spacial score (nSPS) is 28.2. The summed E-state index contributed by atoms with van der Waals surface area (Å²) in [6.07, 6.45) is 4.39. The lowest BCUT2D eigenvalue weighted by Crippen LogP contribution is -2.44. The van der Waals surface area contributed by atoms with E-state index in [2.05, 4.69) is 35.3 Å². The van der Waals surface area contributed by atoms with E-state index >= 15 is 0 Å². The smallest absolute Gasteiger partial charge is 0.0702 e. The van der Waals surface area contributed by atoms with Crippen LogP contribution < -0.4 is 0 Å². The Morgan fingerprint density at radius 3 is 2.53 bits per heavy atom. The molecule has 2 saturated heterocycles. The van der Waals surface area contributed by atoms with E-state index in [-0.39, 0.29) is 0 Å². The molecule has 2 nitrogen and oxygen atoms in total. The fraction of sp³-hybridized carbons (Fsp3) is 1.00. The Balaban J connectivity index is 1.81. The number of ether oxygens (including phenoxy) is 1. The Kier molecular flexibility index (Phi) is 6.54. The van der Waals surface area contributed by atoms with E-state index < -0.39 is 0 Å². The molecule has 17 heavy (non-hydrogen) atoms. The van der Waals surface area contributed by atoms with Crippen LogP contribution in [0.1, 0.15) is 26.2 Å². The molecule has 1 unspecified atom stereocenters. The second-order valence-electron chi connectivity index (χ2n) is 4.88. The van der Waals surface area contributed by atoms with Crippen LogP contribution in [0.25, 0.3) is 0 Å². The Morgan fingerprint density at radius 2 is 1.94 bits per heavy atom. The molecule has 2 fully saturated rings. The van der Waals surface area contributed by atoms with Crippen molar-refractivity contribution in [3.8, 4) is 0 Å². The van der Waals surface area contributed by atoms with E-state index in [0.717, 1.165) is 19.2 Å². The molecule has 0 aromatic rings. The van der Waals surface area contributed by atoms with Gasteiger partial charge in [-0.1, -0.05) is 6.92 Å². The van der Waals surface area contributed by atoms with Crippen molar-refractivity contribution in [2.75, 3.05) is 42.7 Å². The Hall–Kier alpha value is 0.620. The average Bonchev–Trinajstić information content (AvgIpc) is 2.66. The third-order valence-corrected chi connectivity index (χ3v) is 6.11. The fourth-order valence-electron chi connectivity index (χ4n) is 2.56. The van der Waals surface area contributed by atoms with Crippen LogP contribution in [-0.4, -0.2) is 59.8 Å². The summed E-state index contributed by atoms with van der Waals surface area (Å²) in [7, 11) is 0. The molecule has 0 N–H and O–H groups in total. The highest BCUT2D eigenvalue weighted by atomic mass is 32.2. The minimum Gasteiger partial charge on any atom is -0.377 e. The lowest BCUT2D eigenvalue weighted by Gasteiger charge is -2.34. The number of hydrogen-bond donors (Lipinski definition) is 0. The van der Waals surface area contributed by atoms with E-state index in [0.29, 0.717) is 6.10 Å². The number of hydrogen-bond acceptors (Lipinski definition) is 4. The van der Waals surface area contributed by atoms with Crippen molar-refractivity contribution in [1.82, 2.24) is 4.90 Å². The van der Waals surface area contributed by atoms with Gasteiger partial charge < -0.3 is 4.74 Å². The second-order valence-corrected chi connectivity index (χ2v) is 7.18. The molecule has 1 atom stereocenters. The van der Waals surface area contributed by atoms with Crippen molar-refractivity contribution in [1.29, 1.82) is 0 Å². The van der Waals surface area contributed by atoms with E-state index in [1.807, 2.05) is 0 Å². The molecule has 0 aromatic heterocycles. The number of thioether (sulfide) groups is 2. The van der Waals surface area contributed by atoms with Crippen LogP contribution in [0.15, 0.2) is 0 Å². The molecule has 4 heteroatoms. The number of nitrogens with zero attached hydrogens (tertiary/aromatic N) is 1. The lowest BCUT2D eigenvalue weighted by molar-refractivity contribution is -0.00937. The zero-order valence-corrected chi connectivity index (χ0v) is 12.5. The quantitative estimate of drug-likeness (QED) is 0.782. The monoisotopic (exact) mass is 275 g/mol. The molecule has 100 valence electrons. The van der Waals surface area contributed by atoms with Crippen molar-refractivity contribution in [3.63, 3.8) is 0 Å². The Labute approximate surface area is 114 Å². The first-order chi connectivity index (χ1) is 8.40. The molecule has 0 amide bonds. The van der Waals surface area contributed by atoms with Gasteiger partial charge in [0.05, 0.1) is 6.10 Å². The summed E-state index contributed by atoms with van der Waals surface area (Å²) in [5.41, 5.74) is 0. The summed E-state index contributed by atoms with van der Waals surface area (Å²) >= 11 is 4.25. The molecule has 0 bridgehead atoms. The molecule has 2 heterocycles. The first kappa shape index (κ1) is 14.0. The van der Waals surface area contributed by atoms with Gasteiger partial charge in [0.1, 0.15) is 0 Å². The molecule has 0 aromatic carbocycles. The summed E-state index contributed by atoms with van der Waals surface area (Å²) < 4.78 is 5.88. The maximum Gasteiger partial charge on any atom is 0.0702 e. The van der Waals surface area contributed by atoms with Crippen LogP contribution in [0.3, 0.4) is 0 Å². The van der Waals surface area contributed by atoms with Gasteiger partial charge in [0, 0.05) is 42.2 Å². The predicted octanol–water partition coefficient (Wildman–Crippen LogP) is 2.73. The van der Waals surface area contributed by atoms with Gasteiger partial charge in [-0.25, -0.2) is 0 Å². The molecule has 2 aliphatic heterocycles. The molecule has 0 radical (unpaired) electrons. The summed E-state index contributed by atoms with van der Waals surface area (Å²) in [5.74, 6) is 5.29. The van der Waals surface area contributed by atoms with Gasteiger partial charge >= 0.3 is 0 Å². The molecule has 0 aliphatic carbocycles. The summed E-state index contributed by atoms with van der Waals surface area (Å²) in [4.78, 5) is 2.65. The number of rotatable bonds is 4. The van der Waals surface area contributed by atoms with E-state index in [4.69, 9.17) is 4.74 Å². The van der Waals surface area contributed by atoms with Crippen molar-refractivity contribution >= 4 is 23.5 Å². The zero-order chi connectivity index (χ0) is 11.9. The van der Waals surface area contributed by atoms with Gasteiger partial charge in [-0.05, 0) is 25.8 Å². The van der Waals surface area contributed by atoms with Gasteiger partial charge in [-0.15, -0.1) is 0 Å². The third-order valence-electron chi connectivity index (χ3n) is 3.63. The van der Waals surface area contributed by atoms with Crippen molar-refractivity contribution < 1.29 is 4.74 Å². The maximum atomic E-state index is 5.88. The van der Waals surface area contributed by atoms with Gasteiger partial charge in [0.15, 0.2) is 0 Å². The highest BCUT2D eigenvalue weighted by molar-refractivity contribution is 8.03. The Bertz CT molecular complexity index is 202. The highest BCUT2D eigenvalue weighted by Crippen LogP contribution is 2.22. The molecule has 0 spiro atoms. The molecule has 2 rings (SSSR count). The van der Waals surface area contributed by atoms with Gasteiger partial charge in [0.25, 0.3) is 0 Å². The SMILES string of the molecule is CCN(CC1CCCCO1)C1CSCCSC1. The van der Waals surface area contributed by atoms with Gasteiger partial charge in [-0.2, -0.15) is 23.5 Å².